The van der Waals surface area contributed by atoms with E-state index in [9.17, 15) is 14.4 Å². The van der Waals surface area contributed by atoms with Crippen LogP contribution in [0.15, 0.2) is 24.5 Å². The van der Waals surface area contributed by atoms with Crippen LogP contribution in [0, 0.1) is 5.92 Å². The second kappa shape index (κ2) is 8.29. The molecule has 1 N–H and O–H groups in total. The number of carbonyl (C=O) groups is 3. The minimum absolute atomic E-state index is 0.0159. The van der Waals surface area contributed by atoms with Crippen LogP contribution in [0.25, 0.3) is 0 Å². The van der Waals surface area contributed by atoms with Gasteiger partial charge in [0.25, 0.3) is 5.91 Å². The molecule has 2 aliphatic heterocycles. The molecule has 0 saturated carbocycles. The molecule has 3 rings (SSSR count). The lowest BCUT2D eigenvalue weighted by Crippen LogP contribution is -2.73. The summed E-state index contributed by atoms with van der Waals surface area (Å²) in [6.45, 7) is 7.59. The molecule has 3 heterocycles. The minimum atomic E-state index is -0.841. The Labute approximate surface area is 166 Å². The van der Waals surface area contributed by atoms with Gasteiger partial charge in [-0.3, -0.25) is 19.4 Å². The van der Waals surface area contributed by atoms with Crippen LogP contribution in [0.3, 0.4) is 0 Å². The molecule has 0 radical (unpaired) electrons. The van der Waals surface area contributed by atoms with Crippen LogP contribution in [-0.4, -0.2) is 63.7 Å². The number of likely N-dealkylation sites (tertiary alicyclic amines) is 1. The molecule has 0 aliphatic carbocycles. The van der Waals surface area contributed by atoms with Gasteiger partial charge in [0.1, 0.15) is 11.6 Å². The summed E-state index contributed by atoms with van der Waals surface area (Å²) >= 11 is 0. The topological polar surface area (TPSA) is 82.6 Å². The predicted octanol–water partition coefficient (Wildman–Crippen LogP) is 1.84. The second-order valence-corrected chi connectivity index (χ2v) is 8.21. The molecule has 1 atom stereocenters. The van der Waals surface area contributed by atoms with Gasteiger partial charge in [0, 0.05) is 32.0 Å². The van der Waals surface area contributed by atoms with Gasteiger partial charge >= 0.3 is 0 Å². The Hall–Kier alpha value is -2.44. The number of amides is 3. The van der Waals surface area contributed by atoms with E-state index in [1.165, 1.54) is 0 Å². The fraction of sp³-hybridized carbons (Fsp3) is 0.619. The minimum Gasteiger partial charge on any atom is -0.342 e. The molecule has 0 aromatic carbocycles. The van der Waals surface area contributed by atoms with Gasteiger partial charge in [-0.1, -0.05) is 20.8 Å². The first kappa shape index (κ1) is 20.3. The number of piperidine rings is 1. The quantitative estimate of drug-likeness (QED) is 0.837. The Balaban J connectivity index is 1.77. The lowest BCUT2D eigenvalue weighted by Gasteiger charge is -2.51. The van der Waals surface area contributed by atoms with Crippen LogP contribution >= 0.6 is 0 Å². The first-order valence-corrected chi connectivity index (χ1v) is 10.2. The normalized spacial score (nSPS) is 21.9. The van der Waals surface area contributed by atoms with E-state index in [2.05, 4.69) is 24.1 Å². The van der Waals surface area contributed by atoms with Crippen molar-refractivity contribution in [2.75, 3.05) is 19.6 Å². The largest absolute Gasteiger partial charge is 0.342 e. The van der Waals surface area contributed by atoms with Crippen molar-refractivity contribution in [3.05, 3.63) is 30.1 Å². The molecule has 28 heavy (non-hydrogen) atoms. The molecule has 1 spiro atoms. The van der Waals surface area contributed by atoms with Gasteiger partial charge in [-0.2, -0.15) is 0 Å². The van der Waals surface area contributed by atoms with Crippen molar-refractivity contribution in [3.8, 4) is 0 Å². The summed E-state index contributed by atoms with van der Waals surface area (Å²) < 4.78 is 0. The Kier molecular flexibility index (Phi) is 6.01. The summed E-state index contributed by atoms with van der Waals surface area (Å²) in [4.78, 5) is 46.5. The molecular formula is C21H30N4O3. The summed E-state index contributed by atoms with van der Waals surface area (Å²) in [7, 11) is 0. The van der Waals surface area contributed by atoms with Crippen LogP contribution in [0.1, 0.15) is 56.8 Å². The van der Waals surface area contributed by atoms with Gasteiger partial charge in [-0.25, -0.2) is 0 Å². The highest BCUT2D eigenvalue weighted by molar-refractivity contribution is 6.00. The van der Waals surface area contributed by atoms with Crippen molar-refractivity contribution < 1.29 is 14.4 Å². The summed E-state index contributed by atoms with van der Waals surface area (Å²) in [6.07, 6.45) is 5.57. The summed E-state index contributed by atoms with van der Waals surface area (Å²) in [5.41, 5.74) is -0.295. The lowest BCUT2D eigenvalue weighted by atomic mass is 9.80. The number of aromatic nitrogens is 1. The zero-order valence-electron chi connectivity index (χ0n) is 17.0. The van der Waals surface area contributed by atoms with E-state index >= 15 is 0 Å². The van der Waals surface area contributed by atoms with E-state index in [0.29, 0.717) is 50.4 Å². The molecule has 7 nitrogen and oxygen atoms in total. The van der Waals surface area contributed by atoms with Crippen LogP contribution in [0.4, 0.5) is 0 Å². The Morgan fingerprint density at radius 3 is 2.61 bits per heavy atom. The van der Waals surface area contributed by atoms with E-state index < -0.39 is 11.6 Å². The maximum absolute atomic E-state index is 13.1. The average Bonchev–Trinajstić information content (AvgIpc) is 2.70. The van der Waals surface area contributed by atoms with E-state index in [1.54, 1.807) is 34.3 Å². The van der Waals surface area contributed by atoms with Crippen LogP contribution in [0.2, 0.25) is 0 Å². The standard InChI is InChI=1S/C21H30N4O3/c1-4-10-25-19(27)17(13-15(2)3)23-20(28)21(25)7-11-24(12-8-21)18(26)16-6-5-9-22-14-16/h5-6,9,14-15,17H,4,7-8,10-13H2,1-3H3,(H,23,28). The fourth-order valence-electron chi connectivity index (χ4n) is 4.30. The van der Waals surface area contributed by atoms with Crippen LogP contribution in [0.5, 0.6) is 0 Å². The zero-order valence-corrected chi connectivity index (χ0v) is 17.0. The Morgan fingerprint density at radius 1 is 1.32 bits per heavy atom. The number of hydrogen-bond donors (Lipinski definition) is 1. The van der Waals surface area contributed by atoms with Crippen molar-refractivity contribution in [3.63, 3.8) is 0 Å². The molecule has 7 heteroatoms. The summed E-state index contributed by atoms with van der Waals surface area (Å²) in [5.74, 6) is 0.192. The van der Waals surface area contributed by atoms with Gasteiger partial charge in [0.05, 0.1) is 5.56 Å². The monoisotopic (exact) mass is 386 g/mol. The number of piperazine rings is 1. The number of rotatable bonds is 5. The maximum Gasteiger partial charge on any atom is 0.255 e. The fourth-order valence-corrected chi connectivity index (χ4v) is 4.30. The third-order valence-electron chi connectivity index (χ3n) is 5.75. The molecule has 3 amide bonds. The third kappa shape index (κ3) is 3.75. The number of hydrogen-bond acceptors (Lipinski definition) is 4. The zero-order chi connectivity index (χ0) is 20.3. The summed E-state index contributed by atoms with van der Waals surface area (Å²) in [6, 6.07) is 3.04. The van der Waals surface area contributed by atoms with Crippen molar-refractivity contribution in [2.24, 2.45) is 5.92 Å². The smallest absolute Gasteiger partial charge is 0.255 e. The van der Waals surface area contributed by atoms with Gasteiger partial charge in [-0.05, 0) is 43.7 Å². The lowest BCUT2D eigenvalue weighted by molar-refractivity contribution is -0.161. The van der Waals surface area contributed by atoms with Crippen molar-refractivity contribution in [1.29, 1.82) is 0 Å². The highest BCUT2D eigenvalue weighted by atomic mass is 16.2. The van der Waals surface area contributed by atoms with E-state index in [1.807, 2.05) is 6.92 Å². The molecule has 2 fully saturated rings. The van der Waals surface area contributed by atoms with Gasteiger partial charge < -0.3 is 15.1 Å². The van der Waals surface area contributed by atoms with E-state index in [4.69, 9.17) is 0 Å². The summed E-state index contributed by atoms with van der Waals surface area (Å²) in [5, 5.41) is 2.98. The number of nitrogens with zero attached hydrogens (tertiary/aromatic N) is 3. The predicted molar refractivity (Wildman–Crippen MR) is 105 cm³/mol. The van der Waals surface area contributed by atoms with Gasteiger partial charge in [0.2, 0.25) is 11.8 Å². The van der Waals surface area contributed by atoms with Crippen LogP contribution < -0.4 is 5.32 Å². The molecule has 1 aromatic rings. The number of carbonyl (C=O) groups excluding carboxylic acids is 3. The van der Waals surface area contributed by atoms with Crippen molar-refractivity contribution in [1.82, 2.24) is 20.1 Å². The first-order valence-electron chi connectivity index (χ1n) is 10.2. The second-order valence-electron chi connectivity index (χ2n) is 8.21. The SMILES string of the molecule is CCCN1C(=O)C(CC(C)C)NC(=O)C12CCN(C(=O)c1cccnc1)CC2. The maximum atomic E-state index is 13.1. The Morgan fingerprint density at radius 2 is 2.04 bits per heavy atom. The molecule has 0 bridgehead atoms. The van der Waals surface area contributed by atoms with Gasteiger partial charge in [0.15, 0.2) is 0 Å². The molecule has 2 aliphatic rings. The Bertz CT molecular complexity index is 726. The number of nitrogens with one attached hydrogen (secondary N) is 1. The molecule has 152 valence electrons. The number of pyridine rings is 1. The first-order chi connectivity index (χ1) is 13.4. The van der Waals surface area contributed by atoms with E-state index in [-0.39, 0.29) is 17.7 Å². The highest BCUT2D eigenvalue weighted by Crippen LogP contribution is 2.34. The third-order valence-corrected chi connectivity index (χ3v) is 5.75. The van der Waals surface area contributed by atoms with Crippen molar-refractivity contribution in [2.45, 2.75) is 58.0 Å². The molecular weight excluding hydrogens is 356 g/mol. The molecule has 1 aromatic heterocycles. The molecule has 1 unspecified atom stereocenters. The van der Waals surface area contributed by atoms with E-state index in [0.717, 1.165) is 6.42 Å². The average molecular weight is 386 g/mol. The van der Waals surface area contributed by atoms with Gasteiger partial charge in [-0.15, -0.1) is 0 Å². The highest BCUT2D eigenvalue weighted by Gasteiger charge is 2.53. The molecule has 2 saturated heterocycles. The van der Waals surface area contributed by atoms with Crippen molar-refractivity contribution >= 4 is 17.7 Å². The van der Waals surface area contributed by atoms with Crippen LogP contribution in [-0.2, 0) is 9.59 Å².